The van der Waals surface area contributed by atoms with E-state index in [9.17, 15) is 0 Å². The van der Waals surface area contributed by atoms with Gasteiger partial charge in [0.05, 0.1) is 43.0 Å². The van der Waals surface area contributed by atoms with Gasteiger partial charge in [-0.25, -0.2) is 0 Å². The summed E-state index contributed by atoms with van der Waals surface area (Å²) >= 11 is 1.91. The van der Waals surface area contributed by atoms with Crippen molar-refractivity contribution in [1.82, 2.24) is 9.13 Å². The summed E-state index contributed by atoms with van der Waals surface area (Å²) < 4.78 is 7.55. The van der Waals surface area contributed by atoms with Gasteiger partial charge in [0.1, 0.15) is 0 Å². The topological polar surface area (TPSA) is 9.86 Å². The largest absolute Gasteiger partial charge is 0.308 e. The first-order valence-electron chi connectivity index (χ1n) is 13.8. The first-order chi connectivity index (χ1) is 19.9. The lowest BCUT2D eigenvalue weighted by Crippen LogP contribution is -1.97. The number of hydrogen-bond donors (Lipinski definition) is 0. The van der Waals surface area contributed by atoms with Crippen molar-refractivity contribution in [3.05, 3.63) is 133 Å². The van der Waals surface area contributed by atoms with Gasteiger partial charge in [-0.15, -0.1) is 11.3 Å². The van der Waals surface area contributed by atoms with E-state index in [0.717, 1.165) is 6.42 Å². The highest BCUT2D eigenvalue weighted by atomic mass is 32.1. The number of rotatable bonds is 2. The standard InChI is InChI=1S/C37H24N2S/c1-2-12-24-25-13-4-7-19-31(25)38(30(24)18-3-1)34-22-10-16-28-29-17-11-23-35(37(29)40-36(28)34)39-32-20-8-5-14-26(32)27-15-6-9-21-33(27)39/h2-23H,1H2. The Balaban J connectivity index is 1.40. The summed E-state index contributed by atoms with van der Waals surface area (Å²) in [4.78, 5) is 0. The fourth-order valence-corrected chi connectivity index (χ4v) is 7.96. The van der Waals surface area contributed by atoms with E-state index in [1.165, 1.54) is 75.5 Å². The maximum atomic E-state index is 2.47. The van der Waals surface area contributed by atoms with Crippen LogP contribution < -0.4 is 0 Å². The summed E-state index contributed by atoms with van der Waals surface area (Å²) in [7, 11) is 0. The average molecular weight is 529 g/mol. The zero-order chi connectivity index (χ0) is 26.2. The number of nitrogens with zero attached hydrogens (tertiary/aromatic N) is 2. The predicted molar refractivity (Wildman–Crippen MR) is 173 cm³/mol. The number of fused-ring (bicyclic) bond motifs is 9. The lowest BCUT2D eigenvalue weighted by Gasteiger charge is -2.10. The maximum Gasteiger partial charge on any atom is 0.0640 e. The minimum absolute atomic E-state index is 0.957. The van der Waals surface area contributed by atoms with E-state index in [1.807, 2.05) is 11.3 Å². The van der Waals surface area contributed by atoms with Crippen molar-refractivity contribution in [2.45, 2.75) is 6.42 Å². The summed E-state index contributed by atoms with van der Waals surface area (Å²) in [6, 6.07) is 39.9. The Hall–Kier alpha value is -4.86. The van der Waals surface area contributed by atoms with Gasteiger partial charge in [0, 0.05) is 32.5 Å². The molecule has 3 heteroatoms. The molecule has 0 saturated heterocycles. The van der Waals surface area contributed by atoms with Crippen molar-refractivity contribution in [2.75, 3.05) is 0 Å². The van der Waals surface area contributed by atoms with E-state index < -0.39 is 0 Å². The molecule has 2 nitrogen and oxygen atoms in total. The van der Waals surface area contributed by atoms with Crippen molar-refractivity contribution < 1.29 is 0 Å². The molecule has 8 aromatic rings. The Labute approximate surface area is 235 Å². The normalized spacial score (nSPS) is 13.2. The molecule has 0 amide bonds. The Morgan fingerprint density at radius 3 is 1.60 bits per heavy atom. The van der Waals surface area contributed by atoms with Gasteiger partial charge < -0.3 is 9.13 Å². The molecule has 1 aliphatic carbocycles. The predicted octanol–water partition coefficient (Wildman–Crippen LogP) is 10.5. The molecule has 0 N–H and O–H groups in total. The first kappa shape index (κ1) is 22.0. The molecule has 0 unspecified atom stereocenters. The van der Waals surface area contributed by atoms with Crippen LogP contribution in [0.15, 0.2) is 121 Å². The molecule has 188 valence electrons. The van der Waals surface area contributed by atoms with Gasteiger partial charge in [-0.3, -0.25) is 0 Å². The fourth-order valence-electron chi connectivity index (χ4n) is 6.65. The molecule has 3 heterocycles. The third kappa shape index (κ3) is 2.93. The van der Waals surface area contributed by atoms with Crippen LogP contribution in [-0.2, 0) is 0 Å². The number of hydrogen-bond acceptors (Lipinski definition) is 1. The van der Waals surface area contributed by atoms with E-state index >= 15 is 0 Å². The summed E-state index contributed by atoms with van der Waals surface area (Å²) in [5.74, 6) is 0. The highest BCUT2D eigenvalue weighted by Gasteiger charge is 2.21. The van der Waals surface area contributed by atoms with E-state index in [-0.39, 0.29) is 0 Å². The van der Waals surface area contributed by atoms with Crippen molar-refractivity contribution in [3.8, 4) is 11.4 Å². The Morgan fingerprint density at radius 1 is 0.450 bits per heavy atom. The van der Waals surface area contributed by atoms with Crippen molar-refractivity contribution in [1.29, 1.82) is 0 Å². The molecule has 0 radical (unpaired) electrons. The molecule has 40 heavy (non-hydrogen) atoms. The van der Waals surface area contributed by atoms with Crippen molar-refractivity contribution >= 4 is 76.4 Å². The SMILES string of the molecule is C1=Cc2c(n(-c3cccc4c3sc3c(-n5c6ccccc6c6ccccc65)cccc34)c3ccccc23)C=CC1. The molecule has 0 saturated carbocycles. The zero-order valence-corrected chi connectivity index (χ0v) is 22.5. The highest BCUT2D eigenvalue weighted by Crippen LogP contribution is 2.44. The smallest absolute Gasteiger partial charge is 0.0640 e. The third-order valence-electron chi connectivity index (χ3n) is 8.33. The Kier molecular flexibility index (Phi) is 4.58. The summed E-state index contributed by atoms with van der Waals surface area (Å²) in [6.45, 7) is 0. The van der Waals surface area contributed by atoms with Gasteiger partial charge in [-0.2, -0.15) is 0 Å². The van der Waals surface area contributed by atoms with Gasteiger partial charge in [0.15, 0.2) is 0 Å². The van der Waals surface area contributed by atoms with Crippen LogP contribution in [0.2, 0.25) is 0 Å². The molecule has 5 aromatic carbocycles. The number of aromatic nitrogens is 2. The monoisotopic (exact) mass is 528 g/mol. The molecule has 3 aromatic heterocycles. The highest BCUT2D eigenvalue weighted by molar-refractivity contribution is 7.26. The van der Waals surface area contributed by atoms with Crippen LogP contribution in [-0.4, -0.2) is 9.13 Å². The first-order valence-corrected chi connectivity index (χ1v) is 14.6. The molecule has 0 fully saturated rings. The Morgan fingerprint density at radius 2 is 0.950 bits per heavy atom. The third-order valence-corrected chi connectivity index (χ3v) is 9.60. The van der Waals surface area contributed by atoms with Gasteiger partial charge in [0.2, 0.25) is 0 Å². The number of thiophene rings is 1. The van der Waals surface area contributed by atoms with Gasteiger partial charge >= 0.3 is 0 Å². The van der Waals surface area contributed by atoms with Gasteiger partial charge in [0.25, 0.3) is 0 Å². The molecular weight excluding hydrogens is 504 g/mol. The minimum Gasteiger partial charge on any atom is -0.308 e. The van der Waals surface area contributed by atoms with Crippen LogP contribution >= 0.6 is 11.3 Å². The summed E-state index contributed by atoms with van der Waals surface area (Å²) in [6.07, 6.45) is 10.1. The van der Waals surface area contributed by atoms with Crippen LogP contribution in [0, 0.1) is 0 Å². The average Bonchev–Trinajstić information content (AvgIpc) is 3.58. The van der Waals surface area contributed by atoms with Crippen LogP contribution in [0.3, 0.4) is 0 Å². The second-order valence-corrected chi connectivity index (χ2v) is 11.5. The van der Waals surface area contributed by atoms with Crippen molar-refractivity contribution in [2.24, 2.45) is 0 Å². The van der Waals surface area contributed by atoms with Crippen LogP contribution in [0.1, 0.15) is 17.7 Å². The second-order valence-electron chi connectivity index (χ2n) is 10.5. The van der Waals surface area contributed by atoms with Crippen LogP contribution in [0.4, 0.5) is 0 Å². The second kappa shape index (κ2) is 8.32. The minimum atomic E-state index is 0.957. The molecule has 1 aliphatic rings. The van der Waals surface area contributed by atoms with Gasteiger partial charge in [-0.05, 0) is 42.8 Å². The quantitative estimate of drug-likeness (QED) is 0.211. The number of allylic oxidation sites excluding steroid dienone is 2. The van der Waals surface area contributed by atoms with Crippen molar-refractivity contribution in [3.63, 3.8) is 0 Å². The summed E-state index contributed by atoms with van der Waals surface area (Å²) in [5.41, 5.74) is 8.76. The lowest BCUT2D eigenvalue weighted by atomic mass is 10.1. The Bertz CT molecular complexity index is 2300. The zero-order valence-electron chi connectivity index (χ0n) is 21.7. The van der Waals surface area contributed by atoms with Gasteiger partial charge in [-0.1, -0.05) is 97.1 Å². The van der Waals surface area contributed by atoms with Crippen LogP contribution in [0.5, 0.6) is 0 Å². The van der Waals surface area contributed by atoms with E-state index in [1.54, 1.807) is 0 Å². The van der Waals surface area contributed by atoms with E-state index in [2.05, 4.69) is 143 Å². The molecule has 0 bridgehead atoms. The molecule has 9 rings (SSSR count). The lowest BCUT2D eigenvalue weighted by molar-refractivity contribution is 1.12. The maximum absolute atomic E-state index is 2.47. The number of para-hydroxylation sites is 3. The molecule has 0 spiro atoms. The molecule has 0 aliphatic heterocycles. The fraction of sp³-hybridized carbons (Fsp3) is 0.0270. The number of benzene rings is 5. The summed E-state index contributed by atoms with van der Waals surface area (Å²) in [5, 5.41) is 6.49. The van der Waals surface area contributed by atoms with E-state index in [0.29, 0.717) is 0 Å². The van der Waals surface area contributed by atoms with E-state index in [4.69, 9.17) is 0 Å². The molecule has 0 atom stereocenters. The molecular formula is C37H24N2S. The van der Waals surface area contributed by atoms with Crippen LogP contribution in [0.25, 0.3) is 76.4 Å².